The van der Waals surface area contributed by atoms with Crippen LogP contribution in [0.2, 0.25) is 0 Å². The second kappa shape index (κ2) is 8.52. The lowest BCUT2D eigenvalue weighted by atomic mass is 9.91. The van der Waals surface area contributed by atoms with E-state index in [0.29, 0.717) is 25.9 Å². The van der Waals surface area contributed by atoms with E-state index >= 15 is 0 Å². The van der Waals surface area contributed by atoms with Crippen LogP contribution in [-0.2, 0) is 14.3 Å². The van der Waals surface area contributed by atoms with E-state index in [9.17, 15) is 9.59 Å². The van der Waals surface area contributed by atoms with Crippen LogP contribution >= 0.6 is 0 Å². The Bertz CT molecular complexity index is 742. The summed E-state index contributed by atoms with van der Waals surface area (Å²) in [5.41, 5.74) is 1.71. The van der Waals surface area contributed by atoms with E-state index in [1.54, 1.807) is 0 Å². The molecule has 26 heavy (non-hydrogen) atoms. The molecule has 1 fully saturated rings. The standard InChI is InChI=1S/C21H23NO4/c1-2-25-18-11-9-17(10-12-18)22-19(23)13-8-16-14-20(24)26-21(16)15-6-4-3-5-7-15/h3-7,9-12,16,21H,2,8,13-14H2,1H3,(H,22,23). The Kier molecular flexibility index (Phi) is 5.89. The molecule has 1 aliphatic rings. The molecule has 5 heteroatoms. The Morgan fingerprint density at radius 1 is 1.15 bits per heavy atom. The van der Waals surface area contributed by atoms with Crippen molar-refractivity contribution >= 4 is 17.6 Å². The van der Waals surface area contributed by atoms with E-state index in [1.165, 1.54) is 0 Å². The second-order valence-electron chi connectivity index (χ2n) is 6.33. The summed E-state index contributed by atoms with van der Waals surface area (Å²) < 4.78 is 10.8. The molecule has 0 spiro atoms. The lowest BCUT2D eigenvalue weighted by Crippen LogP contribution is -2.15. The van der Waals surface area contributed by atoms with Crippen molar-refractivity contribution in [3.05, 3.63) is 60.2 Å². The summed E-state index contributed by atoms with van der Waals surface area (Å²) in [7, 11) is 0. The predicted molar refractivity (Wildman–Crippen MR) is 98.9 cm³/mol. The number of cyclic esters (lactones) is 1. The monoisotopic (exact) mass is 353 g/mol. The molecule has 2 unspecified atom stereocenters. The van der Waals surface area contributed by atoms with Crippen molar-refractivity contribution in [1.29, 1.82) is 0 Å². The lowest BCUT2D eigenvalue weighted by Gasteiger charge is -2.17. The summed E-state index contributed by atoms with van der Waals surface area (Å²) in [6.07, 6.45) is 1.05. The summed E-state index contributed by atoms with van der Waals surface area (Å²) in [5.74, 6) is 0.532. The van der Waals surface area contributed by atoms with Crippen LogP contribution in [0, 0.1) is 5.92 Å². The second-order valence-corrected chi connectivity index (χ2v) is 6.33. The van der Waals surface area contributed by atoms with Gasteiger partial charge in [0, 0.05) is 18.0 Å². The highest BCUT2D eigenvalue weighted by Gasteiger charge is 2.35. The number of rotatable bonds is 7. The quantitative estimate of drug-likeness (QED) is 0.761. The smallest absolute Gasteiger partial charge is 0.306 e. The van der Waals surface area contributed by atoms with Gasteiger partial charge in [-0.05, 0) is 43.2 Å². The zero-order valence-electron chi connectivity index (χ0n) is 14.8. The number of ether oxygens (including phenoxy) is 2. The average Bonchev–Trinajstić information content (AvgIpc) is 3.03. The van der Waals surface area contributed by atoms with Crippen LogP contribution in [0.15, 0.2) is 54.6 Å². The van der Waals surface area contributed by atoms with Crippen molar-refractivity contribution in [2.24, 2.45) is 5.92 Å². The normalized spacial score (nSPS) is 19.0. The van der Waals surface area contributed by atoms with Crippen molar-refractivity contribution in [2.75, 3.05) is 11.9 Å². The molecule has 2 aromatic rings. The van der Waals surface area contributed by atoms with Crippen molar-refractivity contribution in [2.45, 2.75) is 32.3 Å². The van der Waals surface area contributed by atoms with E-state index in [1.807, 2.05) is 61.5 Å². The number of anilines is 1. The number of hydrogen-bond acceptors (Lipinski definition) is 4. The fourth-order valence-electron chi connectivity index (χ4n) is 3.18. The topological polar surface area (TPSA) is 64.6 Å². The molecule has 0 bridgehead atoms. The first-order chi connectivity index (χ1) is 12.7. The van der Waals surface area contributed by atoms with Gasteiger partial charge in [-0.1, -0.05) is 30.3 Å². The van der Waals surface area contributed by atoms with E-state index in [0.717, 1.165) is 17.0 Å². The van der Waals surface area contributed by atoms with Crippen LogP contribution in [-0.4, -0.2) is 18.5 Å². The minimum Gasteiger partial charge on any atom is -0.494 e. The summed E-state index contributed by atoms with van der Waals surface area (Å²) in [6, 6.07) is 17.0. The van der Waals surface area contributed by atoms with Crippen LogP contribution in [0.3, 0.4) is 0 Å². The third kappa shape index (κ3) is 4.63. The van der Waals surface area contributed by atoms with Gasteiger partial charge in [-0.3, -0.25) is 9.59 Å². The van der Waals surface area contributed by atoms with Gasteiger partial charge >= 0.3 is 5.97 Å². The molecule has 1 amide bonds. The van der Waals surface area contributed by atoms with Gasteiger partial charge in [0.25, 0.3) is 0 Å². The molecular weight excluding hydrogens is 330 g/mol. The molecular formula is C21H23NO4. The molecule has 1 aliphatic heterocycles. The summed E-state index contributed by atoms with van der Waals surface area (Å²) in [5, 5.41) is 2.88. The van der Waals surface area contributed by atoms with Crippen LogP contribution in [0.25, 0.3) is 0 Å². The van der Waals surface area contributed by atoms with E-state index in [-0.39, 0.29) is 23.9 Å². The highest BCUT2D eigenvalue weighted by Crippen LogP contribution is 2.38. The van der Waals surface area contributed by atoms with Gasteiger partial charge in [-0.25, -0.2) is 0 Å². The highest BCUT2D eigenvalue weighted by atomic mass is 16.5. The summed E-state index contributed by atoms with van der Waals surface area (Å²) >= 11 is 0. The zero-order valence-corrected chi connectivity index (χ0v) is 14.8. The number of nitrogens with one attached hydrogen (secondary N) is 1. The van der Waals surface area contributed by atoms with E-state index in [2.05, 4.69) is 5.32 Å². The highest BCUT2D eigenvalue weighted by molar-refractivity contribution is 5.90. The minimum atomic E-state index is -0.262. The van der Waals surface area contributed by atoms with Crippen LogP contribution < -0.4 is 10.1 Å². The van der Waals surface area contributed by atoms with Crippen molar-refractivity contribution in [3.8, 4) is 5.75 Å². The molecule has 1 N–H and O–H groups in total. The van der Waals surface area contributed by atoms with Crippen LogP contribution in [0.5, 0.6) is 5.75 Å². The van der Waals surface area contributed by atoms with Crippen LogP contribution in [0.4, 0.5) is 5.69 Å². The fraction of sp³-hybridized carbons (Fsp3) is 0.333. The molecule has 3 rings (SSSR count). The molecule has 136 valence electrons. The third-order valence-electron chi connectivity index (χ3n) is 4.43. The predicted octanol–water partition coefficient (Wildman–Crippen LogP) is 4.11. The molecule has 0 saturated carbocycles. The SMILES string of the molecule is CCOc1ccc(NC(=O)CCC2CC(=O)OC2c2ccccc2)cc1. The average molecular weight is 353 g/mol. The van der Waals surface area contributed by atoms with Gasteiger partial charge in [-0.2, -0.15) is 0 Å². The molecule has 1 heterocycles. The van der Waals surface area contributed by atoms with Gasteiger partial charge in [0.1, 0.15) is 11.9 Å². The van der Waals surface area contributed by atoms with Crippen molar-refractivity contribution < 1.29 is 19.1 Å². The minimum absolute atomic E-state index is 0.0241. The number of carbonyl (C=O) groups excluding carboxylic acids is 2. The summed E-state index contributed by atoms with van der Waals surface area (Å²) in [4.78, 5) is 24.0. The molecule has 2 atom stereocenters. The van der Waals surface area contributed by atoms with Crippen molar-refractivity contribution in [3.63, 3.8) is 0 Å². The Hall–Kier alpha value is -2.82. The van der Waals surface area contributed by atoms with Gasteiger partial charge in [0.05, 0.1) is 13.0 Å². The summed E-state index contributed by atoms with van der Waals surface area (Å²) in [6.45, 7) is 2.53. The van der Waals surface area contributed by atoms with Gasteiger partial charge in [0.2, 0.25) is 5.91 Å². The third-order valence-corrected chi connectivity index (χ3v) is 4.43. The number of esters is 1. The Labute approximate surface area is 153 Å². The van der Waals surface area contributed by atoms with Gasteiger partial charge in [0.15, 0.2) is 0 Å². The van der Waals surface area contributed by atoms with E-state index < -0.39 is 0 Å². The number of hydrogen-bond donors (Lipinski definition) is 1. The number of benzene rings is 2. The van der Waals surface area contributed by atoms with E-state index in [4.69, 9.17) is 9.47 Å². The maximum absolute atomic E-state index is 12.2. The first kappa shape index (κ1) is 18.0. The zero-order chi connectivity index (χ0) is 18.4. The molecule has 0 aromatic heterocycles. The molecule has 2 aromatic carbocycles. The fourth-order valence-corrected chi connectivity index (χ4v) is 3.18. The van der Waals surface area contributed by atoms with Crippen molar-refractivity contribution in [1.82, 2.24) is 0 Å². The maximum atomic E-state index is 12.2. The first-order valence-corrected chi connectivity index (χ1v) is 8.93. The van der Waals surface area contributed by atoms with Gasteiger partial charge in [-0.15, -0.1) is 0 Å². The number of amides is 1. The largest absolute Gasteiger partial charge is 0.494 e. The molecule has 5 nitrogen and oxygen atoms in total. The van der Waals surface area contributed by atoms with Crippen LogP contribution in [0.1, 0.15) is 37.9 Å². The van der Waals surface area contributed by atoms with Gasteiger partial charge < -0.3 is 14.8 Å². The molecule has 0 radical (unpaired) electrons. The Morgan fingerprint density at radius 2 is 1.88 bits per heavy atom. The Balaban J connectivity index is 1.54. The lowest BCUT2D eigenvalue weighted by molar-refractivity contribution is -0.141. The maximum Gasteiger partial charge on any atom is 0.306 e. The first-order valence-electron chi connectivity index (χ1n) is 8.93. The Morgan fingerprint density at radius 3 is 2.58 bits per heavy atom. The number of carbonyl (C=O) groups is 2. The molecule has 1 saturated heterocycles. The molecule has 0 aliphatic carbocycles.